The van der Waals surface area contributed by atoms with Crippen LogP contribution in [0, 0.1) is 0 Å². The summed E-state index contributed by atoms with van der Waals surface area (Å²) in [5.74, 6) is -1.38. The van der Waals surface area contributed by atoms with Crippen molar-refractivity contribution >= 4 is 18.0 Å². The zero-order chi connectivity index (χ0) is 14.8. The summed E-state index contributed by atoms with van der Waals surface area (Å²) in [5.41, 5.74) is 0.695. The topological polar surface area (TPSA) is 88.5 Å². The first-order chi connectivity index (χ1) is 9.65. The Hall–Kier alpha value is -2.21. The Bertz CT molecular complexity index is 486. The molecule has 0 bridgehead atoms. The molecule has 1 aromatic rings. The maximum absolute atomic E-state index is 12.0. The zero-order valence-electron chi connectivity index (χ0n) is 11.3. The molecular formula is C14H18N2O4. The van der Waals surface area contributed by atoms with Gasteiger partial charge in [0.15, 0.2) is 0 Å². The van der Waals surface area contributed by atoms with Gasteiger partial charge in [-0.25, -0.2) is 4.79 Å². The summed E-state index contributed by atoms with van der Waals surface area (Å²) < 4.78 is 4.92. The average Bonchev–Trinajstić information content (AvgIpc) is 2.45. The number of carbonyl (C=O) groups is 2. The molecule has 1 heterocycles. The third kappa shape index (κ3) is 5.62. The Morgan fingerprint density at radius 1 is 1.45 bits per heavy atom. The van der Waals surface area contributed by atoms with E-state index in [9.17, 15) is 9.59 Å². The SMILES string of the molecule is COCCCCNC(=O)c1ncccc1/C=C/C(=O)O. The Labute approximate surface area is 117 Å². The van der Waals surface area contributed by atoms with Crippen molar-refractivity contribution in [3.8, 4) is 0 Å². The predicted octanol–water partition coefficient (Wildman–Crippen LogP) is 1.34. The third-order valence-corrected chi connectivity index (χ3v) is 2.52. The van der Waals surface area contributed by atoms with Crippen LogP contribution in [-0.2, 0) is 9.53 Å². The van der Waals surface area contributed by atoms with Crippen molar-refractivity contribution in [3.05, 3.63) is 35.7 Å². The van der Waals surface area contributed by atoms with E-state index in [4.69, 9.17) is 9.84 Å². The standard InChI is InChI=1S/C14H18N2O4/c1-20-10-3-2-8-16-14(19)13-11(5-4-9-15-13)6-7-12(17)18/h4-7,9H,2-3,8,10H2,1H3,(H,16,19)(H,17,18)/b7-6+. The molecule has 1 aromatic heterocycles. The number of unbranched alkanes of at least 4 members (excludes halogenated alkanes) is 1. The van der Waals surface area contributed by atoms with E-state index in [1.165, 1.54) is 12.3 Å². The van der Waals surface area contributed by atoms with Gasteiger partial charge < -0.3 is 15.2 Å². The number of ether oxygens (including phenoxy) is 1. The molecule has 6 nitrogen and oxygen atoms in total. The highest BCUT2D eigenvalue weighted by molar-refractivity contribution is 5.97. The number of carbonyl (C=O) groups excluding carboxylic acids is 1. The van der Waals surface area contributed by atoms with Gasteiger partial charge in [-0.2, -0.15) is 0 Å². The Balaban J connectivity index is 2.61. The Morgan fingerprint density at radius 2 is 2.25 bits per heavy atom. The van der Waals surface area contributed by atoms with Crippen LogP contribution in [0.15, 0.2) is 24.4 Å². The van der Waals surface area contributed by atoms with E-state index in [0.29, 0.717) is 18.7 Å². The molecule has 20 heavy (non-hydrogen) atoms. The Morgan fingerprint density at radius 3 is 2.95 bits per heavy atom. The summed E-state index contributed by atoms with van der Waals surface area (Å²) >= 11 is 0. The van der Waals surface area contributed by atoms with Crippen LogP contribution in [0.5, 0.6) is 0 Å². The van der Waals surface area contributed by atoms with E-state index >= 15 is 0 Å². The molecule has 0 saturated heterocycles. The van der Waals surface area contributed by atoms with E-state index in [-0.39, 0.29) is 11.6 Å². The highest BCUT2D eigenvalue weighted by Crippen LogP contribution is 2.07. The lowest BCUT2D eigenvalue weighted by Gasteiger charge is -2.06. The highest BCUT2D eigenvalue weighted by atomic mass is 16.5. The summed E-state index contributed by atoms with van der Waals surface area (Å²) in [6.45, 7) is 1.19. The van der Waals surface area contributed by atoms with Crippen LogP contribution >= 0.6 is 0 Å². The first kappa shape index (κ1) is 15.8. The van der Waals surface area contributed by atoms with Crippen molar-refractivity contribution in [2.45, 2.75) is 12.8 Å². The highest BCUT2D eigenvalue weighted by Gasteiger charge is 2.10. The zero-order valence-corrected chi connectivity index (χ0v) is 11.3. The van der Waals surface area contributed by atoms with Gasteiger partial charge in [-0.15, -0.1) is 0 Å². The van der Waals surface area contributed by atoms with Crippen molar-refractivity contribution in [2.75, 3.05) is 20.3 Å². The van der Waals surface area contributed by atoms with Gasteiger partial charge in [-0.3, -0.25) is 9.78 Å². The van der Waals surface area contributed by atoms with Crippen LogP contribution in [-0.4, -0.2) is 42.2 Å². The van der Waals surface area contributed by atoms with Crippen molar-refractivity contribution in [1.29, 1.82) is 0 Å². The summed E-state index contributed by atoms with van der Waals surface area (Å²) in [7, 11) is 1.63. The number of carboxylic acid groups (broad SMARTS) is 1. The molecular weight excluding hydrogens is 260 g/mol. The molecule has 108 valence electrons. The Kier molecular flexibility index (Phi) is 6.99. The van der Waals surface area contributed by atoms with Gasteiger partial charge in [0.1, 0.15) is 5.69 Å². The number of hydrogen-bond donors (Lipinski definition) is 2. The van der Waals surface area contributed by atoms with E-state index in [2.05, 4.69) is 10.3 Å². The smallest absolute Gasteiger partial charge is 0.328 e. The van der Waals surface area contributed by atoms with E-state index < -0.39 is 5.97 Å². The quantitative estimate of drug-likeness (QED) is 0.553. The number of aromatic nitrogens is 1. The molecule has 0 aromatic carbocycles. The number of methoxy groups -OCH3 is 1. The van der Waals surface area contributed by atoms with Crippen LogP contribution in [0.2, 0.25) is 0 Å². The summed E-state index contributed by atoms with van der Waals surface area (Å²) in [6.07, 6.45) is 5.51. The van der Waals surface area contributed by atoms with Crippen molar-refractivity contribution < 1.29 is 19.4 Å². The first-order valence-corrected chi connectivity index (χ1v) is 6.28. The van der Waals surface area contributed by atoms with Crippen LogP contribution < -0.4 is 5.32 Å². The molecule has 0 unspecified atom stereocenters. The number of nitrogens with one attached hydrogen (secondary N) is 1. The molecule has 0 atom stereocenters. The third-order valence-electron chi connectivity index (χ3n) is 2.52. The molecule has 1 amide bonds. The normalized spacial score (nSPS) is 10.7. The van der Waals surface area contributed by atoms with Gasteiger partial charge in [-0.1, -0.05) is 6.07 Å². The lowest BCUT2D eigenvalue weighted by Crippen LogP contribution is -2.26. The van der Waals surface area contributed by atoms with Gasteiger partial charge in [0, 0.05) is 38.1 Å². The van der Waals surface area contributed by atoms with Gasteiger partial charge in [0.25, 0.3) is 5.91 Å². The number of carboxylic acids is 1. The second-order valence-corrected chi connectivity index (χ2v) is 4.07. The fourth-order valence-electron chi connectivity index (χ4n) is 1.56. The molecule has 0 saturated carbocycles. The molecule has 0 aliphatic rings. The number of pyridine rings is 1. The predicted molar refractivity (Wildman–Crippen MR) is 74.4 cm³/mol. The summed E-state index contributed by atoms with van der Waals surface area (Å²) in [6, 6.07) is 3.29. The minimum atomic E-state index is -1.07. The molecule has 6 heteroatoms. The number of nitrogens with zero attached hydrogens (tertiary/aromatic N) is 1. The van der Waals surface area contributed by atoms with Crippen molar-refractivity contribution in [3.63, 3.8) is 0 Å². The van der Waals surface area contributed by atoms with Gasteiger partial charge in [0.05, 0.1) is 0 Å². The van der Waals surface area contributed by atoms with Crippen LogP contribution in [0.1, 0.15) is 28.9 Å². The van der Waals surface area contributed by atoms with Gasteiger partial charge in [0.2, 0.25) is 0 Å². The molecule has 2 N–H and O–H groups in total. The largest absolute Gasteiger partial charge is 0.478 e. The van der Waals surface area contributed by atoms with Gasteiger partial charge in [-0.05, 0) is 25.0 Å². The van der Waals surface area contributed by atoms with Crippen LogP contribution in [0.3, 0.4) is 0 Å². The average molecular weight is 278 g/mol. The number of aliphatic carboxylic acids is 1. The lowest BCUT2D eigenvalue weighted by atomic mass is 10.1. The van der Waals surface area contributed by atoms with E-state index in [0.717, 1.165) is 18.9 Å². The minimum absolute atomic E-state index is 0.219. The maximum Gasteiger partial charge on any atom is 0.328 e. The lowest BCUT2D eigenvalue weighted by molar-refractivity contribution is -0.131. The fourth-order valence-corrected chi connectivity index (χ4v) is 1.56. The number of rotatable bonds is 8. The fraction of sp³-hybridized carbons (Fsp3) is 0.357. The second kappa shape index (κ2) is 8.82. The van der Waals surface area contributed by atoms with Crippen LogP contribution in [0.25, 0.3) is 6.08 Å². The monoisotopic (exact) mass is 278 g/mol. The maximum atomic E-state index is 12.0. The van der Waals surface area contributed by atoms with E-state index in [1.807, 2.05) is 0 Å². The molecule has 0 fully saturated rings. The molecule has 1 rings (SSSR count). The second-order valence-electron chi connectivity index (χ2n) is 4.07. The summed E-state index contributed by atoms with van der Waals surface area (Å²) in [4.78, 5) is 26.5. The number of hydrogen-bond acceptors (Lipinski definition) is 4. The molecule has 0 aliphatic heterocycles. The molecule has 0 radical (unpaired) electrons. The van der Waals surface area contributed by atoms with Crippen LogP contribution in [0.4, 0.5) is 0 Å². The van der Waals surface area contributed by atoms with Crippen molar-refractivity contribution in [2.24, 2.45) is 0 Å². The molecule has 0 aliphatic carbocycles. The number of amides is 1. The molecule has 0 spiro atoms. The minimum Gasteiger partial charge on any atom is -0.478 e. The van der Waals surface area contributed by atoms with Gasteiger partial charge >= 0.3 is 5.97 Å². The van der Waals surface area contributed by atoms with E-state index in [1.54, 1.807) is 19.2 Å². The first-order valence-electron chi connectivity index (χ1n) is 6.28. The summed E-state index contributed by atoms with van der Waals surface area (Å²) in [5, 5.41) is 11.4. The van der Waals surface area contributed by atoms with Crippen molar-refractivity contribution in [1.82, 2.24) is 10.3 Å².